The van der Waals surface area contributed by atoms with Gasteiger partial charge in [0.25, 0.3) is 0 Å². The average Bonchev–Trinajstić information content (AvgIpc) is 2.70. The van der Waals surface area contributed by atoms with Crippen molar-refractivity contribution in [3.05, 3.63) is 23.0 Å². The van der Waals surface area contributed by atoms with Crippen molar-refractivity contribution in [3.63, 3.8) is 0 Å². The lowest BCUT2D eigenvalue weighted by Crippen LogP contribution is -1.92. The molecule has 0 aliphatic rings. The molecule has 0 unspecified atom stereocenters. The van der Waals surface area contributed by atoms with Crippen LogP contribution in [-0.2, 0) is 0 Å². The fraction of sp³-hybridized carbons (Fsp3) is 0.100. The molecule has 0 atom stereocenters. The maximum atomic E-state index is 13.8. The number of aromatic nitrogens is 1. The van der Waals surface area contributed by atoms with Gasteiger partial charge in [0, 0.05) is 12.1 Å². The number of halogens is 2. The molecule has 0 bridgehead atoms. The second kappa shape index (κ2) is 4.14. The fourth-order valence-electron chi connectivity index (χ4n) is 1.39. The van der Waals surface area contributed by atoms with Crippen LogP contribution in [0.15, 0.2) is 16.7 Å². The van der Waals surface area contributed by atoms with Crippen molar-refractivity contribution >= 4 is 17.5 Å². The second-order valence-corrected chi connectivity index (χ2v) is 3.62. The zero-order valence-corrected chi connectivity index (χ0v) is 9.45. The van der Waals surface area contributed by atoms with Crippen molar-refractivity contribution in [3.8, 4) is 22.8 Å². The summed E-state index contributed by atoms with van der Waals surface area (Å²) in [4.78, 5) is 0. The first-order valence-corrected chi connectivity index (χ1v) is 4.90. The Morgan fingerprint density at radius 1 is 1.53 bits per heavy atom. The summed E-state index contributed by atoms with van der Waals surface area (Å²) in [5.41, 5.74) is 5.15. The number of aromatic hydroxyl groups is 1. The summed E-state index contributed by atoms with van der Waals surface area (Å²) in [5.74, 6) is -1.20. The minimum absolute atomic E-state index is 0.00209. The van der Waals surface area contributed by atoms with Gasteiger partial charge in [-0.3, -0.25) is 0 Å². The van der Waals surface area contributed by atoms with Gasteiger partial charge in [-0.25, -0.2) is 4.39 Å². The van der Waals surface area contributed by atoms with Crippen molar-refractivity contribution in [2.45, 2.75) is 0 Å². The van der Waals surface area contributed by atoms with Gasteiger partial charge in [-0.1, -0.05) is 16.8 Å². The van der Waals surface area contributed by atoms with Crippen LogP contribution in [-0.4, -0.2) is 17.4 Å². The third kappa shape index (κ3) is 1.87. The molecule has 0 aliphatic carbocycles. The lowest BCUT2D eigenvalue weighted by atomic mass is 10.1. The molecule has 0 fully saturated rings. The first-order chi connectivity index (χ1) is 8.04. The molecule has 2 aromatic rings. The molecule has 0 aliphatic heterocycles. The summed E-state index contributed by atoms with van der Waals surface area (Å²) in [6.07, 6.45) is 0. The molecule has 2 rings (SSSR count). The largest absolute Gasteiger partial charge is 0.504 e. The molecule has 1 aromatic heterocycles. The Hall–Kier alpha value is -1.95. The van der Waals surface area contributed by atoms with Crippen LogP contribution in [0.3, 0.4) is 0 Å². The standard InChI is InChI=1S/C10H8ClFN2O3/c1-16-6-2-4(11)9(12)8(10(6)15)5-3-7(13)17-14-5/h2-3,15H,13H2,1H3. The minimum Gasteiger partial charge on any atom is -0.504 e. The predicted octanol–water partition coefficient (Wildman–Crippen LogP) is 2.43. The molecule has 3 N–H and O–H groups in total. The summed E-state index contributed by atoms with van der Waals surface area (Å²) in [6.45, 7) is 0. The van der Waals surface area contributed by atoms with Crippen LogP contribution in [0.1, 0.15) is 0 Å². The Kier molecular flexibility index (Phi) is 2.81. The minimum atomic E-state index is -0.821. The molecule has 5 nitrogen and oxygen atoms in total. The summed E-state index contributed by atoms with van der Waals surface area (Å²) in [5, 5.41) is 13.1. The van der Waals surface area contributed by atoms with Crippen molar-refractivity contribution in [2.24, 2.45) is 0 Å². The maximum Gasteiger partial charge on any atom is 0.222 e. The molecule has 0 radical (unpaired) electrons. The van der Waals surface area contributed by atoms with Gasteiger partial charge in [0.05, 0.1) is 17.7 Å². The lowest BCUT2D eigenvalue weighted by Gasteiger charge is -2.09. The van der Waals surface area contributed by atoms with Gasteiger partial charge < -0.3 is 20.1 Å². The highest BCUT2D eigenvalue weighted by Crippen LogP contribution is 2.42. The first kappa shape index (κ1) is 11.5. The number of hydrogen-bond donors (Lipinski definition) is 2. The van der Waals surface area contributed by atoms with Crippen LogP contribution < -0.4 is 10.5 Å². The number of phenolic OH excluding ortho intramolecular Hbond substituents is 1. The molecule has 0 saturated heterocycles. The van der Waals surface area contributed by atoms with Crippen LogP contribution in [0.5, 0.6) is 11.5 Å². The van der Waals surface area contributed by atoms with E-state index in [0.29, 0.717) is 0 Å². The van der Waals surface area contributed by atoms with E-state index in [9.17, 15) is 9.50 Å². The van der Waals surface area contributed by atoms with Crippen molar-refractivity contribution in [2.75, 3.05) is 12.8 Å². The maximum absolute atomic E-state index is 13.8. The summed E-state index contributed by atoms with van der Waals surface area (Å²) in [6, 6.07) is 2.44. The van der Waals surface area contributed by atoms with E-state index >= 15 is 0 Å². The van der Waals surface area contributed by atoms with E-state index in [1.807, 2.05) is 0 Å². The number of anilines is 1. The van der Waals surface area contributed by atoms with Crippen molar-refractivity contribution < 1.29 is 18.8 Å². The number of nitrogens with zero attached hydrogens (tertiary/aromatic N) is 1. The zero-order valence-electron chi connectivity index (χ0n) is 8.70. The molecular weight excluding hydrogens is 251 g/mol. The fourth-order valence-corrected chi connectivity index (χ4v) is 1.58. The number of nitrogen functional groups attached to an aromatic ring is 1. The topological polar surface area (TPSA) is 81.5 Å². The highest BCUT2D eigenvalue weighted by molar-refractivity contribution is 6.31. The number of nitrogens with two attached hydrogens (primary N) is 1. The molecule has 0 saturated carbocycles. The van der Waals surface area contributed by atoms with E-state index in [2.05, 4.69) is 9.68 Å². The quantitative estimate of drug-likeness (QED) is 0.865. The van der Waals surface area contributed by atoms with Crippen LogP contribution in [0, 0.1) is 5.82 Å². The molecule has 1 aromatic carbocycles. The summed E-state index contributed by atoms with van der Waals surface area (Å²) < 4.78 is 23.3. The van der Waals surface area contributed by atoms with Gasteiger partial charge in [-0.15, -0.1) is 0 Å². The Balaban J connectivity index is 2.71. The van der Waals surface area contributed by atoms with E-state index in [4.69, 9.17) is 22.1 Å². The number of ether oxygens (including phenoxy) is 1. The molecular formula is C10H8ClFN2O3. The van der Waals surface area contributed by atoms with Gasteiger partial charge in [0.2, 0.25) is 5.88 Å². The van der Waals surface area contributed by atoms with Crippen LogP contribution in [0.25, 0.3) is 11.3 Å². The van der Waals surface area contributed by atoms with E-state index in [-0.39, 0.29) is 27.9 Å². The number of hydrogen-bond acceptors (Lipinski definition) is 5. The molecule has 0 amide bonds. The molecule has 17 heavy (non-hydrogen) atoms. The summed E-state index contributed by atoms with van der Waals surface area (Å²) in [7, 11) is 1.32. The average molecular weight is 259 g/mol. The van der Waals surface area contributed by atoms with Gasteiger partial charge in [-0.05, 0) is 0 Å². The van der Waals surface area contributed by atoms with Crippen LogP contribution in [0.2, 0.25) is 5.02 Å². The monoisotopic (exact) mass is 258 g/mol. The Bertz CT molecular complexity index is 571. The third-order valence-electron chi connectivity index (χ3n) is 2.16. The third-order valence-corrected chi connectivity index (χ3v) is 2.44. The SMILES string of the molecule is COc1cc(Cl)c(F)c(-c2cc(N)on2)c1O. The predicted molar refractivity (Wildman–Crippen MR) is 59.5 cm³/mol. The Morgan fingerprint density at radius 3 is 2.76 bits per heavy atom. The van der Waals surface area contributed by atoms with Crippen LogP contribution in [0.4, 0.5) is 10.3 Å². The lowest BCUT2D eigenvalue weighted by molar-refractivity contribution is 0.371. The molecule has 7 heteroatoms. The summed E-state index contributed by atoms with van der Waals surface area (Å²) >= 11 is 5.67. The smallest absolute Gasteiger partial charge is 0.222 e. The highest BCUT2D eigenvalue weighted by atomic mass is 35.5. The van der Waals surface area contributed by atoms with Gasteiger partial charge in [0.15, 0.2) is 17.3 Å². The second-order valence-electron chi connectivity index (χ2n) is 3.21. The highest BCUT2D eigenvalue weighted by Gasteiger charge is 2.21. The number of phenols is 1. The molecule has 0 spiro atoms. The van der Waals surface area contributed by atoms with Gasteiger partial charge in [-0.2, -0.15) is 0 Å². The van der Waals surface area contributed by atoms with Crippen molar-refractivity contribution in [1.29, 1.82) is 0 Å². The van der Waals surface area contributed by atoms with Gasteiger partial charge in [0.1, 0.15) is 5.69 Å². The number of methoxy groups -OCH3 is 1. The number of rotatable bonds is 2. The first-order valence-electron chi connectivity index (χ1n) is 4.52. The van der Waals surface area contributed by atoms with Crippen molar-refractivity contribution in [1.82, 2.24) is 5.16 Å². The molecule has 1 heterocycles. The normalized spacial score (nSPS) is 10.5. The van der Waals surface area contributed by atoms with Crippen LogP contribution >= 0.6 is 11.6 Å². The van der Waals surface area contributed by atoms with E-state index < -0.39 is 11.6 Å². The van der Waals surface area contributed by atoms with Gasteiger partial charge >= 0.3 is 0 Å². The van der Waals surface area contributed by atoms with E-state index in [0.717, 1.165) is 0 Å². The molecule has 90 valence electrons. The van der Waals surface area contributed by atoms with E-state index in [1.165, 1.54) is 19.2 Å². The Labute approximate surface area is 101 Å². The van der Waals surface area contributed by atoms with E-state index in [1.54, 1.807) is 0 Å². The Morgan fingerprint density at radius 2 is 2.24 bits per heavy atom. The number of benzene rings is 1. The zero-order chi connectivity index (χ0) is 12.6.